The fourth-order valence-electron chi connectivity index (χ4n) is 3.43. The van der Waals surface area contributed by atoms with Gasteiger partial charge >= 0.3 is 5.97 Å². The normalized spacial score (nSPS) is 16.3. The lowest BCUT2D eigenvalue weighted by Crippen LogP contribution is -2.41. The smallest absolute Gasteiger partial charge is 0.341 e. The lowest BCUT2D eigenvalue weighted by Gasteiger charge is -2.34. The molecule has 5 heteroatoms. The van der Waals surface area contributed by atoms with Crippen molar-refractivity contribution < 1.29 is 18.8 Å². The van der Waals surface area contributed by atoms with E-state index in [1.165, 1.54) is 0 Å². The second-order valence-corrected chi connectivity index (χ2v) is 11.6. The van der Waals surface area contributed by atoms with Crippen LogP contribution < -0.4 is 0 Å². The van der Waals surface area contributed by atoms with Crippen LogP contribution in [0.3, 0.4) is 0 Å². The van der Waals surface area contributed by atoms with Crippen LogP contribution in [0.2, 0.25) is 18.1 Å². The Morgan fingerprint density at radius 2 is 1.76 bits per heavy atom. The van der Waals surface area contributed by atoms with E-state index in [9.17, 15) is 9.59 Å². The van der Waals surface area contributed by atoms with Crippen LogP contribution in [-0.2, 0) is 18.8 Å². The molecule has 0 N–H and O–H groups in total. The molecule has 1 aliphatic rings. The van der Waals surface area contributed by atoms with Gasteiger partial charge in [0.05, 0.1) is 12.7 Å². The van der Waals surface area contributed by atoms with Crippen molar-refractivity contribution in [3.05, 3.63) is 23.3 Å². The first-order valence-electron chi connectivity index (χ1n) is 9.59. The van der Waals surface area contributed by atoms with Crippen LogP contribution in [-0.4, -0.2) is 32.8 Å². The molecule has 0 aromatic carbocycles. The Kier molecular flexibility index (Phi) is 8.80. The van der Waals surface area contributed by atoms with Crippen molar-refractivity contribution in [3.8, 4) is 0 Å². The maximum atomic E-state index is 12.3. The Morgan fingerprint density at radius 3 is 2.24 bits per heavy atom. The van der Waals surface area contributed by atoms with Gasteiger partial charge in [0.15, 0.2) is 14.1 Å². The van der Waals surface area contributed by atoms with Crippen LogP contribution in [0, 0.1) is 0 Å². The van der Waals surface area contributed by atoms with Gasteiger partial charge in [-0.25, -0.2) is 4.79 Å². The molecule has 0 aromatic rings. The SMILES string of the molecule is C=C(C)CC[C@@H](O[Si](CC)(CC)CC)C1=C(C(=O)OCC)C(=O)CC1. The molecule has 0 unspecified atom stereocenters. The molecule has 0 heterocycles. The van der Waals surface area contributed by atoms with Gasteiger partial charge in [-0.2, -0.15) is 0 Å². The largest absolute Gasteiger partial charge is 0.462 e. The third-order valence-corrected chi connectivity index (χ3v) is 9.90. The predicted octanol–water partition coefficient (Wildman–Crippen LogP) is 4.96. The summed E-state index contributed by atoms with van der Waals surface area (Å²) in [6.45, 7) is 14.6. The second kappa shape index (κ2) is 10.1. The molecule has 1 atom stereocenters. The number of allylic oxidation sites excluding steroid dienone is 1. The highest BCUT2D eigenvalue weighted by Crippen LogP contribution is 2.35. The van der Waals surface area contributed by atoms with Crippen LogP contribution >= 0.6 is 0 Å². The van der Waals surface area contributed by atoms with Gasteiger partial charge in [0.25, 0.3) is 0 Å². The number of carbonyl (C=O) groups excluding carboxylic acids is 2. The maximum Gasteiger partial charge on any atom is 0.341 e. The summed E-state index contributed by atoms with van der Waals surface area (Å²) >= 11 is 0. The van der Waals surface area contributed by atoms with Crippen molar-refractivity contribution in [2.24, 2.45) is 0 Å². The minimum Gasteiger partial charge on any atom is -0.462 e. The average Bonchev–Trinajstić information content (AvgIpc) is 2.97. The molecule has 0 aromatic heterocycles. The van der Waals surface area contributed by atoms with Gasteiger partial charge in [0.1, 0.15) is 5.57 Å². The first-order valence-corrected chi connectivity index (χ1v) is 12.1. The van der Waals surface area contributed by atoms with Crippen LogP contribution in [0.15, 0.2) is 23.3 Å². The summed E-state index contributed by atoms with van der Waals surface area (Å²) in [5, 5.41) is 0. The highest BCUT2D eigenvalue weighted by molar-refractivity contribution is 6.73. The van der Waals surface area contributed by atoms with E-state index in [1.807, 2.05) is 6.92 Å². The second-order valence-electron chi connectivity index (χ2n) is 6.89. The Hall–Kier alpha value is -1.20. The summed E-state index contributed by atoms with van der Waals surface area (Å²) in [5.74, 6) is -0.588. The molecule has 1 rings (SSSR count). The van der Waals surface area contributed by atoms with E-state index in [0.717, 1.165) is 42.1 Å². The highest BCUT2D eigenvalue weighted by Gasteiger charge is 2.38. The number of ketones is 1. The molecule has 4 nitrogen and oxygen atoms in total. The zero-order valence-electron chi connectivity index (χ0n) is 16.6. The zero-order chi connectivity index (χ0) is 19.0. The molecule has 0 fully saturated rings. The lowest BCUT2D eigenvalue weighted by atomic mass is 9.99. The number of Topliss-reactive ketones (excluding diaryl/α,β-unsaturated/α-hetero) is 1. The van der Waals surface area contributed by atoms with Crippen LogP contribution in [0.1, 0.15) is 60.3 Å². The molecule has 0 spiro atoms. The standard InChI is InChI=1S/C20H34O4Si/c1-7-23-20(22)19-16(12-13-17(19)21)18(14-11-15(5)6)24-25(8-2,9-3)10-4/h18H,5,7-14H2,1-4,6H3/t18-/m1/s1. The molecular formula is C20H34O4Si. The molecule has 0 amide bonds. The molecular weight excluding hydrogens is 332 g/mol. The molecule has 0 saturated carbocycles. The minimum atomic E-state index is -1.85. The Bertz CT molecular complexity index is 524. The molecule has 0 bridgehead atoms. The van der Waals surface area contributed by atoms with Gasteiger partial charge in [-0.1, -0.05) is 26.3 Å². The van der Waals surface area contributed by atoms with Crippen molar-refractivity contribution in [2.75, 3.05) is 6.61 Å². The zero-order valence-corrected chi connectivity index (χ0v) is 17.6. The van der Waals surface area contributed by atoms with Crippen molar-refractivity contribution in [1.82, 2.24) is 0 Å². The maximum absolute atomic E-state index is 12.3. The number of hydrogen-bond donors (Lipinski definition) is 0. The number of ether oxygens (including phenoxy) is 1. The number of rotatable bonds is 11. The highest BCUT2D eigenvalue weighted by atomic mass is 28.4. The van der Waals surface area contributed by atoms with E-state index in [-0.39, 0.29) is 24.1 Å². The third-order valence-electron chi connectivity index (χ3n) is 5.25. The van der Waals surface area contributed by atoms with E-state index >= 15 is 0 Å². The first kappa shape index (κ1) is 21.8. The average molecular weight is 367 g/mol. The molecule has 0 saturated heterocycles. The summed E-state index contributed by atoms with van der Waals surface area (Å²) in [5.41, 5.74) is 2.20. The monoisotopic (exact) mass is 366 g/mol. The van der Waals surface area contributed by atoms with E-state index < -0.39 is 14.3 Å². The molecule has 0 radical (unpaired) electrons. The summed E-state index contributed by atoms with van der Waals surface area (Å²) in [6, 6.07) is 3.12. The first-order chi connectivity index (χ1) is 11.8. The fraction of sp³-hybridized carbons (Fsp3) is 0.700. The van der Waals surface area contributed by atoms with Gasteiger partial charge in [-0.05, 0) is 56.8 Å². The Morgan fingerprint density at radius 1 is 1.16 bits per heavy atom. The van der Waals surface area contributed by atoms with E-state index in [2.05, 4.69) is 27.4 Å². The summed E-state index contributed by atoms with van der Waals surface area (Å²) in [6.07, 6.45) is 2.43. The lowest BCUT2D eigenvalue weighted by molar-refractivity contribution is -0.139. The summed E-state index contributed by atoms with van der Waals surface area (Å²) < 4.78 is 11.8. The van der Waals surface area contributed by atoms with Gasteiger partial charge in [0.2, 0.25) is 0 Å². The van der Waals surface area contributed by atoms with Gasteiger partial charge in [0, 0.05) is 6.42 Å². The number of hydrogen-bond acceptors (Lipinski definition) is 4. The minimum absolute atomic E-state index is 0.103. The predicted molar refractivity (Wildman–Crippen MR) is 104 cm³/mol. The quantitative estimate of drug-likeness (QED) is 0.224. The van der Waals surface area contributed by atoms with Crippen LogP contribution in [0.25, 0.3) is 0 Å². The Labute approximate surface area is 153 Å². The van der Waals surface area contributed by atoms with Gasteiger partial charge < -0.3 is 9.16 Å². The molecule has 25 heavy (non-hydrogen) atoms. The van der Waals surface area contributed by atoms with Crippen molar-refractivity contribution in [2.45, 2.75) is 84.5 Å². The molecule has 142 valence electrons. The number of carbonyl (C=O) groups is 2. The number of esters is 1. The summed E-state index contributed by atoms with van der Waals surface area (Å²) in [4.78, 5) is 24.6. The van der Waals surface area contributed by atoms with Crippen LogP contribution in [0.5, 0.6) is 0 Å². The summed E-state index contributed by atoms with van der Waals surface area (Å²) in [7, 11) is -1.85. The van der Waals surface area contributed by atoms with E-state index in [1.54, 1.807) is 6.92 Å². The van der Waals surface area contributed by atoms with Crippen molar-refractivity contribution in [1.29, 1.82) is 0 Å². The van der Waals surface area contributed by atoms with Crippen molar-refractivity contribution >= 4 is 20.1 Å². The fourth-order valence-corrected chi connectivity index (χ4v) is 6.29. The van der Waals surface area contributed by atoms with E-state index in [0.29, 0.717) is 12.8 Å². The van der Waals surface area contributed by atoms with Gasteiger partial charge in [-0.15, -0.1) is 6.58 Å². The molecule has 1 aliphatic carbocycles. The van der Waals surface area contributed by atoms with Gasteiger partial charge in [-0.3, -0.25) is 4.79 Å². The van der Waals surface area contributed by atoms with Crippen molar-refractivity contribution in [3.63, 3.8) is 0 Å². The third kappa shape index (κ3) is 5.64. The Balaban J connectivity index is 3.22. The van der Waals surface area contributed by atoms with Crippen LogP contribution in [0.4, 0.5) is 0 Å². The molecule has 0 aliphatic heterocycles. The van der Waals surface area contributed by atoms with E-state index in [4.69, 9.17) is 9.16 Å². The topological polar surface area (TPSA) is 52.6 Å².